The molecule has 0 aliphatic heterocycles. The van der Waals surface area contributed by atoms with Gasteiger partial charge in [-0.1, -0.05) is 24.3 Å². The molecule has 2 nitrogen and oxygen atoms in total. The van der Waals surface area contributed by atoms with Crippen LogP contribution in [0.25, 0.3) is 0 Å². The van der Waals surface area contributed by atoms with Crippen molar-refractivity contribution in [2.24, 2.45) is 0 Å². The number of halogens is 2. The van der Waals surface area contributed by atoms with Crippen molar-refractivity contribution in [2.45, 2.75) is 13.0 Å². The third kappa shape index (κ3) is 2.71. The van der Waals surface area contributed by atoms with Crippen LogP contribution in [0.3, 0.4) is 0 Å². The molecule has 0 amide bonds. The molecule has 0 fully saturated rings. The monoisotopic (exact) mass is 310 g/mol. The smallest absolute Gasteiger partial charge is 0.168 e. The molecule has 1 N–H and O–H groups in total. The average molecular weight is 311 g/mol. The lowest BCUT2D eigenvalue weighted by Gasteiger charge is -2.14. The maximum atomic E-state index is 13.8. The van der Waals surface area contributed by atoms with Crippen LogP contribution in [0.5, 0.6) is 11.5 Å². The van der Waals surface area contributed by atoms with Crippen molar-refractivity contribution in [2.75, 3.05) is 0 Å². The number of ether oxygens (including phenoxy) is 1. The molecule has 2 aromatic carbocycles. The summed E-state index contributed by atoms with van der Waals surface area (Å²) in [6, 6.07) is 11.7. The highest BCUT2D eigenvalue weighted by Crippen LogP contribution is 2.35. The quantitative estimate of drug-likeness (QED) is 0.908. The molecular formula is C14H12BrFO2. The largest absolute Gasteiger partial charge is 0.453 e. The Morgan fingerprint density at radius 3 is 2.56 bits per heavy atom. The van der Waals surface area contributed by atoms with Crippen molar-refractivity contribution in [3.8, 4) is 11.5 Å². The van der Waals surface area contributed by atoms with Crippen molar-refractivity contribution in [1.29, 1.82) is 0 Å². The van der Waals surface area contributed by atoms with Crippen molar-refractivity contribution < 1.29 is 14.2 Å². The van der Waals surface area contributed by atoms with E-state index >= 15 is 0 Å². The van der Waals surface area contributed by atoms with Crippen LogP contribution in [0.2, 0.25) is 0 Å². The summed E-state index contributed by atoms with van der Waals surface area (Å²) >= 11 is 3.33. The van der Waals surface area contributed by atoms with E-state index < -0.39 is 11.9 Å². The molecule has 0 unspecified atom stereocenters. The lowest BCUT2D eigenvalue weighted by Crippen LogP contribution is -1.98. The minimum absolute atomic E-state index is 0.0550. The molecule has 0 spiro atoms. The minimum Gasteiger partial charge on any atom is -0.453 e. The van der Waals surface area contributed by atoms with Crippen molar-refractivity contribution in [3.63, 3.8) is 0 Å². The van der Waals surface area contributed by atoms with Crippen LogP contribution < -0.4 is 4.74 Å². The number of hydrogen-bond acceptors (Lipinski definition) is 2. The molecule has 0 saturated heterocycles. The van der Waals surface area contributed by atoms with E-state index in [9.17, 15) is 9.50 Å². The fourth-order valence-corrected chi connectivity index (χ4v) is 1.97. The fourth-order valence-electron chi connectivity index (χ4n) is 1.60. The fraction of sp³-hybridized carbons (Fsp3) is 0.143. The number of benzene rings is 2. The molecule has 0 aromatic heterocycles. The number of hydrogen-bond donors (Lipinski definition) is 1. The standard InChI is InChI=1S/C14H12BrFO2/c1-9(17)10-5-4-7-12(16)14(10)18-13-8-3-2-6-11(13)15/h2-9,17H,1H3/t9-/m0/s1. The maximum Gasteiger partial charge on any atom is 0.168 e. The lowest BCUT2D eigenvalue weighted by molar-refractivity contribution is 0.194. The summed E-state index contributed by atoms with van der Waals surface area (Å²) < 4.78 is 20.1. The summed E-state index contributed by atoms with van der Waals surface area (Å²) in [5.41, 5.74) is 0.422. The van der Waals surface area contributed by atoms with Gasteiger partial charge in [-0.05, 0) is 41.1 Å². The Labute approximate surface area is 113 Å². The second-order valence-electron chi connectivity index (χ2n) is 3.87. The van der Waals surface area contributed by atoms with Gasteiger partial charge < -0.3 is 9.84 Å². The predicted molar refractivity (Wildman–Crippen MR) is 71.2 cm³/mol. The number of aliphatic hydroxyl groups is 1. The van der Waals surface area contributed by atoms with Crippen molar-refractivity contribution >= 4 is 15.9 Å². The summed E-state index contributed by atoms with van der Waals surface area (Å²) in [6.45, 7) is 1.57. The Morgan fingerprint density at radius 1 is 1.17 bits per heavy atom. The summed E-state index contributed by atoms with van der Waals surface area (Å²) in [4.78, 5) is 0. The lowest BCUT2D eigenvalue weighted by atomic mass is 10.1. The van der Waals surface area contributed by atoms with E-state index in [4.69, 9.17) is 4.74 Å². The molecule has 0 heterocycles. The van der Waals surface area contributed by atoms with Gasteiger partial charge in [0.05, 0.1) is 10.6 Å². The molecule has 2 aromatic rings. The minimum atomic E-state index is -0.793. The molecular weight excluding hydrogens is 299 g/mol. The van der Waals surface area contributed by atoms with E-state index in [1.54, 1.807) is 37.3 Å². The van der Waals surface area contributed by atoms with Crippen LogP contribution in [0.4, 0.5) is 4.39 Å². The van der Waals surface area contributed by atoms with Gasteiger partial charge in [-0.25, -0.2) is 4.39 Å². The zero-order valence-electron chi connectivity index (χ0n) is 9.73. The van der Waals surface area contributed by atoms with Gasteiger partial charge in [-0.2, -0.15) is 0 Å². The van der Waals surface area contributed by atoms with Gasteiger partial charge in [0, 0.05) is 5.56 Å². The van der Waals surface area contributed by atoms with E-state index in [1.807, 2.05) is 6.07 Å². The molecule has 0 radical (unpaired) electrons. The van der Waals surface area contributed by atoms with Crippen LogP contribution >= 0.6 is 15.9 Å². The van der Waals surface area contributed by atoms with E-state index in [0.29, 0.717) is 11.3 Å². The zero-order valence-corrected chi connectivity index (χ0v) is 11.3. The Balaban J connectivity index is 2.43. The van der Waals surface area contributed by atoms with Gasteiger partial charge in [0.1, 0.15) is 5.75 Å². The highest BCUT2D eigenvalue weighted by atomic mass is 79.9. The molecule has 0 saturated carbocycles. The Kier molecular flexibility index (Phi) is 3.99. The predicted octanol–water partition coefficient (Wildman–Crippen LogP) is 4.43. The third-order valence-corrected chi connectivity index (χ3v) is 3.15. The summed E-state index contributed by atoms with van der Waals surface area (Å²) in [6.07, 6.45) is -0.793. The molecule has 4 heteroatoms. The molecule has 0 aliphatic rings. The van der Waals surface area contributed by atoms with E-state index in [0.717, 1.165) is 4.47 Å². The molecule has 0 aliphatic carbocycles. The van der Waals surface area contributed by atoms with Gasteiger partial charge in [-0.3, -0.25) is 0 Å². The SMILES string of the molecule is C[C@H](O)c1cccc(F)c1Oc1ccccc1Br. The summed E-state index contributed by atoms with van der Waals surface area (Å²) in [5, 5.41) is 9.62. The third-order valence-electron chi connectivity index (χ3n) is 2.50. The molecule has 18 heavy (non-hydrogen) atoms. The van der Waals surface area contributed by atoms with Crippen LogP contribution in [0.1, 0.15) is 18.6 Å². The highest BCUT2D eigenvalue weighted by molar-refractivity contribution is 9.10. The van der Waals surface area contributed by atoms with Crippen LogP contribution in [-0.2, 0) is 0 Å². The van der Waals surface area contributed by atoms with Crippen LogP contribution in [0.15, 0.2) is 46.9 Å². The Hall–Kier alpha value is -1.39. The molecule has 0 bridgehead atoms. The second kappa shape index (κ2) is 5.50. The van der Waals surface area contributed by atoms with Gasteiger partial charge >= 0.3 is 0 Å². The van der Waals surface area contributed by atoms with Crippen molar-refractivity contribution in [1.82, 2.24) is 0 Å². The van der Waals surface area contributed by atoms with Crippen LogP contribution in [-0.4, -0.2) is 5.11 Å². The van der Waals surface area contributed by atoms with Gasteiger partial charge in [0.25, 0.3) is 0 Å². The first-order chi connectivity index (χ1) is 8.59. The van der Waals surface area contributed by atoms with E-state index in [-0.39, 0.29) is 5.75 Å². The summed E-state index contributed by atoms with van der Waals surface area (Å²) in [7, 11) is 0. The first kappa shape index (κ1) is 13.1. The van der Waals surface area contributed by atoms with E-state index in [2.05, 4.69) is 15.9 Å². The number of rotatable bonds is 3. The molecule has 1 atom stereocenters. The first-order valence-corrected chi connectivity index (χ1v) is 6.27. The van der Waals surface area contributed by atoms with Gasteiger partial charge in [0.15, 0.2) is 11.6 Å². The Bertz CT molecular complexity index is 555. The average Bonchev–Trinajstić information content (AvgIpc) is 2.34. The zero-order chi connectivity index (χ0) is 13.1. The number of aliphatic hydroxyl groups excluding tert-OH is 1. The highest BCUT2D eigenvalue weighted by Gasteiger charge is 2.15. The maximum absolute atomic E-state index is 13.8. The molecule has 94 valence electrons. The van der Waals surface area contributed by atoms with Gasteiger partial charge in [0.2, 0.25) is 0 Å². The topological polar surface area (TPSA) is 29.5 Å². The van der Waals surface area contributed by atoms with Crippen molar-refractivity contribution in [3.05, 3.63) is 58.3 Å². The van der Waals surface area contributed by atoms with E-state index in [1.165, 1.54) is 6.07 Å². The second-order valence-corrected chi connectivity index (χ2v) is 4.72. The number of para-hydroxylation sites is 2. The normalized spacial score (nSPS) is 12.2. The Morgan fingerprint density at radius 2 is 1.89 bits per heavy atom. The van der Waals surface area contributed by atoms with Gasteiger partial charge in [-0.15, -0.1) is 0 Å². The molecule has 2 rings (SSSR count). The first-order valence-electron chi connectivity index (χ1n) is 5.48. The van der Waals surface area contributed by atoms with Crippen LogP contribution in [0, 0.1) is 5.82 Å². The summed E-state index contributed by atoms with van der Waals surface area (Å²) in [5.74, 6) is 0.0630.